The molecule has 1 aromatic carbocycles. The quantitative estimate of drug-likeness (QED) is 0.936. The Hall–Kier alpha value is -1.72. The molecule has 0 saturated carbocycles. The van der Waals surface area contributed by atoms with Gasteiger partial charge in [0.2, 0.25) is 11.7 Å². The molecule has 0 amide bonds. The van der Waals surface area contributed by atoms with Gasteiger partial charge < -0.3 is 15.0 Å². The molecule has 112 valence electrons. The van der Waals surface area contributed by atoms with Crippen LogP contribution in [0.25, 0.3) is 0 Å². The fraction of sp³-hybridized carbons (Fsp3) is 0.500. The molecular formula is C16H21N3O2. The van der Waals surface area contributed by atoms with E-state index in [1.165, 1.54) is 0 Å². The standard InChI is InChI=1S/C16H21N3O2/c1-16(9-5-6-10-20-16)15-18-14(21-19-15)13(17)11-12-7-3-2-4-8-12/h2-4,7-8,13H,5-6,9-11,17H2,1H3/t13-,16?/m1/s1. The molecular weight excluding hydrogens is 266 g/mol. The third kappa shape index (κ3) is 3.14. The van der Waals surface area contributed by atoms with Gasteiger partial charge in [0, 0.05) is 6.61 Å². The zero-order chi connectivity index (χ0) is 14.7. The number of benzene rings is 1. The van der Waals surface area contributed by atoms with Gasteiger partial charge in [0.1, 0.15) is 5.60 Å². The van der Waals surface area contributed by atoms with Crippen LogP contribution in [0.1, 0.15) is 49.5 Å². The molecule has 1 aliphatic rings. The highest BCUT2D eigenvalue weighted by molar-refractivity contribution is 5.17. The van der Waals surface area contributed by atoms with Crippen LogP contribution in [0, 0.1) is 0 Å². The Morgan fingerprint density at radius 3 is 2.81 bits per heavy atom. The van der Waals surface area contributed by atoms with Crippen molar-refractivity contribution in [3.63, 3.8) is 0 Å². The average Bonchev–Trinajstić information content (AvgIpc) is 3.00. The summed E-state index contributed by atoms with van der Waals surface area (Å²) in [4.78, 5) is 4.47. The fourth-order valence-electron chi connectivity index (χ4n) is 2.67. The van der Waals surface area contributed by atoms with Gasteiger partial charge >= 0.3 is 0 Å². The smallest absolute Gasteiger partial charge is 0.244 e. The normalized spacial score (nSPS) is 23.9. The van der Waals surface area contributed by atoms with Crippen LogP contribution < -0.4 is 5.73 Å². The summed E-state index contributed by atoms with van der Waals surface area (Å²) in [6.07, 6.45) is 3.81. The van der Waals surface area contributed by atoms with Crippen molar-refractivity contribution < 1.29 is 9.26 Å². The van der Waals surface area contributed by atoms with E-state index in [9.17, 15) is 0 Å². The molecule has 0 bridgehead atoms. The van der Waals surface area contributed by atoms with Crippen LogP contribution in [0.3, 0.4) is 0 Å². The van der Waals surface area contributed by atoms with Crippen LogP contribution in [-0.2, 0) is 16.8 Å². The molecule has 0 aliphatic carbocycles. The molecule has 1 unspecified atom stereocenters. The number of aromatic nitrogens is 2. The number of hydrogen-bond acceptors (Lipinski definition) is 5. The highest BCUT2D eigenvalue weighted by Gasteiger charge is 2.35. The molecule has 21 heavy (non-hydrogen) atoms. The van der Waals surface area contributed by atoms with E-state index in [-0.39, 0.29) is 6.04 Å². The first-order valence-corrected chi connectivity index (χ1v) is 7.45. The van der Waals surface area contributed by atoms with Gasteiger partial charge in [0.25, 0.3) is 0 Å². The first-order valence-electron chi connectivity index (χ1n) is 7.45. The van der Waals surface area contributed by atoms with Crippen LogP contribution in [0.2, 0.25) is 0 Å². The fourth-order valence-corrected chi connectivity index (χ4v) is 2.67. The van der Waals surface area contributed by atoms with Crippen molar-refractivity contribution in [1.82, 2.24) is 10.1 Å². The predicted octanol–water partition coefficient (Wildman–Crippen LogP) is 2.73. The minimum absolute atomic E-state index is 0.291. The monoisotopic (exact) mass is 287 g/mol. The Kier molecular flexibility index (Phi) is 4.03. The number of nitrogens with two attached hydrogens (primary N) is 1. The highest BCUT2D eigenvalue weighted by atomic mass is 16.5. The molecule has 2 heterocycles. The number of hydrogen-bond donors (Lipinski definition) is 1. The maximum Gasteiger partial charge on any atom is 0.244 e. The molecule has 2 N–H and O–H groups in total. The molecule has 1 saturated heterocycles. The molecule has 2 aromatic rings. The minimum Gasteiger partial charge on any atom is -0.367 e. The second kappa shape index (κ2) is 5.95. The van der Waals surface area contributed by atoms with Crippen molar-refractivity contribution in [2.75, 3.05) is 6.61 Å². The summed E-state index contributed by atoms with van der Waals surface area (Å²) in [7, 11) is 0. The summed E-state index contributed by atoms with van der Waals surface area (Å²) < 4.78 is 11.2. The molecule has 1 fully saturated rings. The first-order chi connectivity index (χ1) is 10.2. The van der Waals surface area contributed by atoms with Gasteiger partial charge in [-0.25, -0.2) is 0 Å². The number of nitrogens with zero attached hydrogens (tertiary/aromatic N) is 2. The summed E-state index contributed by atoms with van der Waals surface area (Å²) in [6, 6.07) is 9.78. The van der Waals surface area contributed by atoms with Crippen LogP contribution in [0.4, 0.5) is 0 Å². The largest absolute Gasteiger partial charge is 0.367 e. The van der Waals surface area contributed by atoms with Crippen molar-refractivity contribution in [3.8, 4) is 0 Å². The molecule has 0 radical (unpaired) electrons. The summed E-state index contributed by atoms with van der Waals surface area (Å²) in [5.74, 6) is 1.09. The van der Waals surface area contributed by atoms with E-state index in [2.05, 4.69) is 10.1 Å². The SMILES string of the molecule is CC1(c2noc([C@H](N)Cc3ccccc3)n2)CCCCO1. The van der Waals surface area contributed by atoms with E-state index in [4.69, 9.17) is 15.0 Å². The Morgan fingerprint density at radius 2 is 2.10 bits per heavy atom. The van der Waals surface area contributed by atoms with Gasteiger partial charge in [0.15, 0.2) is 0 Å². The van der Waals surface area contributed by atoms with Gasteiger partial charge in [-0.1, -0.05) is 35.5 Å². The van der Waals surface area contributed by atoms with Gasteiger partial charge in [-0.15, -0.1) is 0 Å². The van der Waals surface area contributed by atoms with E-state index >= 15 is 0 Å². The van der Waals surface area contributed by atoms with Crippen LogP contribution in [0.5, 0.6) is 0 Å². The molecule has 5 nitrogen and oxygen atoms in total. The summed E-state index contributed by atoms with van der Waals surface area (Å²) in [5, 5.41) is 4.08. The minimum atomic E-state index is -0.438. The molecule has 5 heteroatoms. The Balaban J connectivity index is 1.72. The molecule has 2 atom stereocenters. The zero-order valence-electron chi connectivity index (χ0n) is 12.3. The van der Waals surface area contributed by atoms with Gasteiger partial charge in [-0.3, -0.25) is 0 Å². The lowest BCUT2D eigenvalue weighted by Gasteiger charge is -2.30. The summed E-state index contributed by atoms with van der Waals surface area (Å²) >= 11 is 0. The van der Waals surface area contributed by atoms with E-state index < -0.39 is 5.60 Å². The molecule has 1 aliphatic heterocycles. The van der Waals surface area contributed by atoms with Gasteiger partial charge in [-0.05, 0) is 38.2 Å². The maximum absolute atomic E-state index is 6.18. The Bertz CT molecular complexity index is 576. The van der Waals surface area contributed by atoms with Crippen molar-refractivity contribution in [1.29, 1.82) is 0 Å². The number of ether oxygens (including phenoxy) is 1. The third-order valence-corrected chi connectivity index (χ3v) is 4.00. The van der Waals surface area contributed by atoms with Crippen molar-refractivity contribution >= 4 is 0 Å². The first kappa shape index (κ1) is 14.2. The molecule has 3 rings (SSSR count). The lowest BCUT2D eigenvalue weighted by atomic mass is 9.95. The van der Waals surface area contributed by atoms with E-state index in [1.54, 1.807) is 0 Å². The highest BCUT2D eigenvalue weighted by Crippen LogP contribution is 2.33. The second-order valence-electron chi connectivity index (χ2n) is 5.79. The van der Waals surface area contributed by atoms with Crippen molar-refractivity contribution in [3.05, 3.63) is 47.6 Å². The average molecular weight is 287 g/mol. The maximum atomic E-state index is 6.18. The lowest BCUT2D eigenvalue weighted by molar-refractivity contribution is -0.0770. The van der Waals surface area contributed by atoms with Gasteiger partial charge in [-0.2, -0.15) is 4.98 Å². The van der Waals surface area contributed by atoms with Crippen molar-refractivity contribution in [2.24, 2.45) is 5.73 Å². The van der Waals surface area contributed by atoms with Gasteiger partial charge in [0.05, 0.1) is 6.04 Å². The van der Waals surface area contributed by atoms with E-state index in [0.29, 0.717) is 18.1 Å². The Labute approximate surface area is 124 Å². The van der Waals surface area contributed by atoms with E-state index in [0.717, 1.165) is 31.4 Å². The predicted molar refractivity (Wildman–Crippen MR) is 78.5 cm³/mol. The summed E-state index contributed by atoms with van der Waals surface area (Å²) in [5.41, 5.74) is 6.90. The van der Waals surface area contributed by atoms with Crippen LogP contribution in [-0.4, -0.2) is 16.7 Å². The molecule has 0 spiro atoms. The van der Waals surface area contributed by atoms with E-state index in [1.807, 2.05) is 37.3 Å². The topological polar surface area (TPSA) is 74.2 Å². The zero-order valence-corrected chi connectivity index (χ0v) is 12.3. The molecule has 1 aromatic heterocycles. The van der Waals surface area contributed by atoms with Crippen molar-refractivity contribution in [2.45, 2.75) is 44.2 Å². The second-order valence-corrected chi connectivity index (χ2v) is 5.79. The summed E-state index contributed by atoms with van der Waals surface area (Å²) in [6.45, 7) is 2.76. The lowest BCUT2D eigenvalue weighted by Crippen LogP contribution is -2.31. The number of rotatable bonds is 4. The third-order valence-electron chi connectivity index (χ3n) is 4.00. The van der Waals surface area contributed by atoms with Crippen LogP contribution in [0.15, 0.2) is 34.9 Å². The van der Waals surface area contributed by atoms with Crippen LogP contribution >= 0.6 is 0 Å². The Morgan fingerprint density at radius 1 is 1.29 bits per heavy atom.